The van der Waals surface area contributed by atoms with Crippen LogP contribution in [0.1, 0.15) is 13.3 Å². The van der Waals surface area contributed by atoms with Gasteiger partial charge in [0.25, 0.3) is 0 Å². The summed E-state index contributed by atoms with van der Waals surface area (Å²) in [4.78, 5) is 8.75. The average Bonchev–Trinajstić information content (AvgIpc) is 2.40. The van der Waals surface area contributed by atoms with Crippen molar-refractivity contribution in [3.05, 3.63) is 24.5 Å². The van der Waals surface area contributed by atoms with Crippen molar-refractivity contribution in [2.75, 3.05) is 37.6 Å². The van der Waals surface area contributed by atoms with Crippen molar-refractivity contribution >= 4 is 5.69 Å². The van der Waals surface area contributed by atoms with Gasteiger partial charge in [-0.05, 0) is 18.6 Å². The third-order valence-electron chi connectivity index (χ3n) is 3.34. The van der Waals surface area contributed by atoms with Crippen LogP contribution in [-0.4, -0.2) is 53.8 Å². The third-order valence-corrected chi connectivity index (χ3v) is 3.34. The normalized spacial score (nSPS) is 19.3. The predicted octanol–water partition coefficient (Wildman–Crippen LogP) is 0.974. The highest BCUT2D eigenvalue weighted by Gasteiger charge is 2.18. The quantitative estimate of drug-likeness (QED) is 0.844. The van der Waals surface area contributed by atoms with E-state index in [1.54, 1.807) is 0 Å². The van der Waals surface area contributed by atoms with Gasteiger partial charge in [-0.2, -0.15) is 0 Å². The van der Waals surface area contributed by atoms with Crippen molar-refractivity contribution in [1.29, 1.82) is 0 Å². The molecule has 2 rings (SSSR count). The van der Waals surface area contributed by atoms with Crippen LogP contribution in [0.2, 0.25) is 0 Å². The zero-order valence-corrected chi connectivity index (χ0v) is 10.4. The van der Waals surface area contributed by atoms with Crippen LogP contribution in [0.4, 0.5) is 5.69 Å². The topological polar surface area (TPSA) is 39.6 Å². The lowest BCUT2D eigenvalue weighted by atomic mass is 10.2. The third kappa shape index (κ3) is 3.41. The predicted molar refractivity (Wildman–Crippen MR) is 69.2 cm³/mol. The summed E-state index contributed by atoms with van der Waals surface area (Å²) in [5.74, 6) is 0. The van der Waals surface area contributed by atoms with Crippen molar-refractivity contribution in [3.63, 3.8) is 0 Å². The van der Waals surface area contributed by atoms with Crippen LogP contribution >= 0.6 is 0 Å². The van der Waals surface area contributed by atoms with Crippen molar-refractivity contribution in [2.24, 2.45) is 0 Å². The zero-order chi connectivity index (χ0) is 12.1. The van der Waals surface area contributed by atoms with Gasteiger partial charge in [0.2, 0.25) is 0 Å². The largest absolute Gasteiger partial charge is 0.392 e. The van der Waals surface area contributed by atoms with Gasteiger partial charge in [-0.15, -0.1) is 0 Å². The molecule has 1 N–H and O–H groups in total. The van der Waals surface area contributed by atoms with Gasteiger partial charge in [0, 0.05) is 50.8 Å². The van der Waals surface area contributed by atoms with E-state index in [1.165, 1.54) is 5.69 Å². The van der Waals surface area contributed by atoms with E-state index < -0.39 is 0 Å². The van der Waals surface area contributed by atoms with Crippen molar-refractivity contribution < 1.29 is 5.11 Å². The number of nitrogens with zero attached hydrogens (tertiary/aromatic N) is 3. The first-order chi connectivity index (χ1) is 8.29. The van der Waals surface area contributed by atoms with Crippen LogP contribution in [0, 0.1) is 0 Å². The lowest BCUT2D eigenvalue weighted by Gasteiger charge is -2.36. The van der Waals surface area contributed by atoms with Crippen molar-refractivity contribution in [3.8, 4) is 0 Å². The molecule has 94 valence electrons. The molecule has 0 bridgehead atoms. The molecule has 1 saturated heterocycles. The highest BCUT2D eigenvalue weighted by Crippen LogP contribution is 2.14. The Bertz CT molecular complexity index is 323. The Hall–Kier alpha value is -1.13. The fourth-order valence-electron chi connectivity index (χ4n) is 2.17. The maximum absolute atomic E-state index is 9.63. The highest BCUT2D eigenvalue weighted by molar-refractivity contribution is 5.44. The first-order valence-corrected chi connectivity index (χ1v) is 6.35. The van der Waals surface area contributed by atoms with E-state index in [4.69, 9.17) is 0 Å². The fourth-order valence-corrected chi connectivity index (χ4v) is 2.17. The molecule has 1 atom stereocenters. The number of anilines is 1. The maximum atomic E-state index is 9.63. The molecule has 0 saturated carbocycles. The standard InChI is InChI=1S/C13H21N3O/c1-2-13(17)11-15-7-9-16(10-8-15)12-3-5-14-6-4-12/h3-6,13,17H,2,7-11H2,1H3/t13-/m1/s1. The second-order valence-electron chi connectivity index (χ2n) is 4.56. The average molecular weight is 235 g/mol. The number of hydrogen-bond acceptors (Lipinski definition) is 4. The van der Waals surface area contributed by atoms with E-state index in [-0.39, 0.29) is 6.10 Å². The van der Waals surface area contributed by atoms with E-state index in [1.807, 2.05) is 19.3 Å². The Morgan fingerprint density at radius 1 is 1.24 bits per heavy atom. The molecule has 1 aromatic heterocycles. The molecule has 1 aliphatic heterocycles. The summed E-state index contributed by atoms with van der Waals surface area (Å²) in [6.45, 7) is 6.94. The Morgan fingerprint density at radius 2 is 1.88 bits per heavy atom. The number of aliphatic hydroxyl groups is 1. The molecule has 1 fully saturated rings. The van der Waals surface area contributed by atoms with E-state index in [0.29, 0.717) is 0 Å². The number of piperazine rings is 1. The van der Waals surface area contributed by atoms with Crippen LogP contribution in [0.3, 0.4) is 0 Å². The molecule has 0 aliphatic carbocycles. The molecule has 4 heteroatoms. The van der Waals surface area contributed by atoms with Gasteiger partial charge in [-0.25, -0.2) is 0 Å². The monoisotopic (exact) mass is 235 g/mol. The Labute approximate surface area is 103 Å². The maximum Gasteiger partial charge on any atom is 0.0664 e. The summed E-state index contributed by atoms with van der Waals surface area (Å²) in [5.41, 5.74) is 1.25. The van der Waals surface area contributed by atoms with Crippen LogP contribution in [-0.2, 0) is 0 Å². The summed E-state index contributed by atoms with van der Waals surface area (Å²) in [5, 5.41) is 9.63. The lowest BCUT2D eigenvalue weighted by molar-refractivity contribution is 0.106. The molecule has 4 nitrogen and oxygen atoms in total. The molecule has 0 radical (unpaired) electrons. The van der Waals surface area contributed by atoms with Gasteiger partial charge in [-0.3, -0.25) is 9.88 Å². The van der Waals surface area contributed by atoms with E-state index in [0.717, 1.165) is 39.1 Å². The smallest absolute Gasteiger partial charge is 0.0664 e. The lowest BCUT2D eigenvalue weighted by Crippen LogP contribution is -2.48. The SMILES string of the molecule is CC[C@@H](O)CN1CCN(c2ccncc2)CC1. The number of aliphatic hydroxyl groups excluding tert-OH is 1. The summed E-state index contributed by atoms with van der Waals surface area (Å²) < 4.78 is 0. The molecule has 0 unspecified atom stereocenters. The fraction of sp³-hybridized carbons (Fsp3) is 0.615. The molecule has 17 heavy (non-hydrogen) atoms. The van der Waals surface area contributed by atoms with Gasteiger partial charge in [0.15, 0.2) is 0 Å². The second-order valence-corrected chi connectivity index (χ2v) is 4.56. The molecule has 0 aromatic carbocycles. The van der Waals surface area contributed by atoms with Crippen molar-refractivity contribution in [1.82, 2.24) is 9.88 Å². The first-order valence-electron chi connectivity index (χ1n) is 6.35. The van der Waals surface area contributed by atoms with Crippen LogP contribution in [0.25, 0.3) is 0 Å². The Balaban J connectivity index is 1.82. The van der Waals surface area contributed by atoms with Gasteiger partial charge in [0.1, 0.15) is 0 Å². The number of pyridine rings is 1. The second kappa shape index (κ2) is 5.98. The molecule has 1 aliphatic rings. The van der Waals surface area contributed by atoms with Gasteiger partial charge >= 0.3 is 0 Å². The Morgan fingerprint density at radius 3 is 2.47 bits per heavy atom. The van der Waals surface area contributed by atoms with Crippen LogP contribution in [0.15, 0.2) is 24.5 Å². The van der Waals surface area contributed by atoms with E-state index in [9.17, 15) is 5.11 Å². The van der Waals surface area contributed by atoms with Crippen LogP contribution in [0.5, 0.6) is 0 Å². The molecule has 0 spiro atoms. The number of hydrogen-bond donors (Lipinski definition) is 1. The summed E-state index contributed by atoms with van der Waals surface area (Å²) >= 11 is 0. The minimum atomic E-state index is -0.178. The highest BCUT2D eigenvalue weighted by atomic mass is 16.3. The first kappa shape index (κ1) is 12.3. The van der Waals surface area contributed by atoms with Gasteiger partial charge in [0.05, 0.1) is 6.10 Å². The molecule has 1 aromatic rings. The van der Waals surface area contributed by atoms with Crippen molar-refractivity contribution in [2.45, 2.75) is 19.4 Å². The molecule has 2 heterocycles. The minimum absolute atomic E-state index is 0.178. The summed E-state index contributed by atoms with van der Waals surface area (Å²) in [6, 6.07) is 4.10. The zero-order valence-electron chi connectivity index (χ0n) is 10.4. The van der Waals surface area contributed by atoms with E-state index in [2.05, 4.69) is 26.9 Å². The number of rotatable bonds is 4. The van der Waals surface area contributed by atoms with E-state index >= 15 is 0 Å². The van der Waals surface area contributed by atoms with Gasteiger partial charge < -0.3 is 10.0 Å². The Kier molecular flexibility index (Phi) is 4.34. The number of β-amino-alcohol motifs (C(OH)–C–C–N with tert-alkyl or cyclic N) is 1. The molecular formula is C13H21N3O. The van der Waals surface area contributed by atoms with Crippen LogP contribution < -0.4 is 4.90 Å². The summed E-state index contributed by atoms with van der Waals surface area (Å²) in [6.07, 6.45) is 4.33. The molecular weight excluding hydrogens is 214 g/mol. The molecule has 0 amide bonds. The number of aromatic nitrogens is 1. The minimum Gasteiger partial charge on any atom is -0.392 e. The summed E-state index contributed by atoms with van der Waals surface area (Å²) in [7, 11) is 0. The van der Waals surface area contributed by atoms with Gasteiger partial charge in [-0.1, -0.05) is 6.92 Å².